The van der Waals surface area contributed by atoms with E-state index in [1.54, 1.807) is 0 Å². The molecule has 1 aliphatic rings. The van der Waals surface area contributed by atoms with E-state index in [1.165, 1.54) is 20.3 Å². The van der Waals surface area contributed by atoms with Crippen molar-refractivity contribution in [3.63, 3.8) is 0 Å². The Hall–Kier alpha value is -1.79. The van der Waals surface area contributed by atoms with Crippen molar-refractivity contribution in [2.75, 3.05) is 26.2 Å². The highest BCUT2D eigenvalue weighted by Gasteiger charge is 2.27. The summed E-state index contributed by atoms with van der Waals surface area (Å²) < 4.78 is 0. The fraction of sp³-hybridized carbons (Fsp3) is 0.786. The van der Waals surface area contributed by atoms with Gasteiger partial charge in [0.25, 0.3) is 0 Å². The molecule has 0 radical (unpaired) electrons. The average molecular weight is 299 g/mol. The van der Waals surface area contributed by atoms with Gasteiger partial charge in [-0.3, -0.25) is 9.59 Å². The maximum absolute atomic E-state index is 11.9. The Kier molecular flexibility index (Phi) is 6.45. The highest BCUT2D eigenvalue weighted by molar-refractivity contribution is 5.79. The van der Waals surface area contributed by atoms with Gasteiger partial charge in [-0.15, -0.1) is 0 Å². The number of nitrogens with zero attached hydrogens (tertiary/aromatic N) is 1. The largest absolute Gasteiger partial charge is 0.481 e. The fourth-order valence-electron chi connectivity index (χ4n) is 2.02. The molecular formula is C14H25N3O4. The second-order valence-corrected chi connectivity index (χ2v) is 5.99. The second-order valence-electron chi connectivity index (χ2n) is 5.99. The maximum Gasteiger partial charge on any atom is 0.314 e. The molecule has 1 aliphatic heterocycles. The Balaban J connectivity index is 2.18. The van der Waals surface area contributed by atoms with E-state index in [0.717, 1.165) is 25.9 Å². The van der Waals surface area contributed by atoms with E-state index in [1.807, 2.05) is 4.90 Å². The first kappa shape index (κ1) is 17.3. The molecule has 0 saturated carbocycles. The van der Waals surface area contributed by atoms with E-state index in [4.69, 9.17) is 5.11 Å². The number of hydrogen-bond acceptors (Lipinski definition) is 3. The summed E-state index contributed by atoms with van der Waals surface area (Å²) in [4.78, 5) is 36.1. The van der Waals surface area contributed by atoms with Crippen LogP contribution >= 0.6 is 0 Å². The van der Waals surface area contributed by atoms with Crippen LogP contribution in [0.4, 0.5) is 4.79 Å². The highest BCUT2D eigenvalue weighted by Crippen LogP contribution is 2.12. The predicted molar refractivity (Wildman–Crippen MR) is 77.9 cm³/mol. The van der Waals surface area contributed by atoms with Crippen molar-refractivity contribution in [1.29, 1.82) is 0 Å². The van der Waals surface area contributed by atoms with Crippen LogP contribution in [-0.2, 0) is 9.59 Å². The van der Waals surface area contributed by atoms with Crippen molar-refractivity contribution in [3.05, 3.63) is 0 Å². The first-order valence-electron chi connectivity index (χ1n) is 7.36. The number of rotatable bonds is 6. The van der Waals surface area contributed by atoms with Gasteiger partial charge < -0.3 is 20.6 Å². The van der Waals surface area contributed by atoms with E-state index in [9.17, 15) is 14.4 Å². The summed E-state index contributed by atoms with van der Waals surface area (Å²) in [6.45, 7) is 4.98. The van der Waals surface area contributed by atoms with Crippen molar-refractivity contribution < 1.29 is 19.5 Å². The Morgan fingerprint density at radius 2 is 1.71 bits per heavy atom. The Bertz CT molecular complexity index is 390. The summed E-state index contributed by atoms with van der Waals surface area (Å²) in [6, 6.07) is -0.448. The number of hydrogen-bond donors (Lipinski definition) is 3. The minimum Gasteiger partial charge on any atom is -0.481 e. The molecule has 1 saturated heterocycles. The van der Waals surface area contributed by atoms with Gasteiger partial charge in [0.2, 0.25) is 5.91 Å². The molecule has 0 aromatic carbocycles. The van der Waals surface area contributed by atoms with Crippen LogP contribution < -0.4 is 10.6 Å². The molecule has 7 nitrogen and oxygen atoms in total. The Morgan fingerprint density at radius 1 is 1.10 bits per heavy atom. The molecule has 1 rings (SSSR count). The predicted octanol–water partition coefficient (Wildman–Crippen LogP) is 0.799. The summed E-state index contributed by atoms with van der Waals surface area (Å²) in [5.74, 6) is -0.913. The Morgan fingerprint density at radius 3 is 2.29 bits per heavy atom. The van der Waals surface area contributed by atoms with Crippen LogP contribution in [0.25, 0.3) is 0 Å². The van der Waals surface area contributed by atoms with Crippen molar-refractivity contribution in [2.45, 2.75) is 39.5 Å². The number of amides is 3. The van der Waals surface area contributed by atoms with E-state index < -0.39 is 17.4 Å². The summed E-state index contributed by atoms with van der Waals surface area (Å²) in [7, 11) is 0. The molecule has 21 heavy (non-hydrogen) atoms. The number of carbonyl (C=O) groups is 3. The summed E-state index contributed by atoms with van der Waals surface area (Å²) >= 11 is 0. The number of aliphatic carboxylic acids is 1. The zero-order valence-corrected chi connectivity index (χ0v) is 12.8. The van der Waals surface area contributed by atoms with Crippen molar-refractivity contribution >= 4 is 17.9 Å². The molecule has 1 fully saturated rings. The number of piperidine rings is 1. The number of carboxylic acid groups (broad SMARTS) is 1. The van der Waals surface area contributed by atoms with E-state index in [2.05, 4.69) is 10.6 Å². The molecule has 0 bridgehead atoms. The lowest BCUT2D eigenvalue weighted by Crippen LogP contribution is -2.44. The second kappa shape index (κ2) is 7.85. The molecule has 7 heteroatoms. The average Bonchev–Trinajstić information content (AvgIpc) is 2.46. The van der Waals surface area contributed by atoms with Crippen LogP contribution in [-0.4, -0.2) is 54.1 Å². The van der Waals surface area contributed by atoms with Gasteiger partial charge in [-0.2, -0.15) is 0 Å². The smallest absolute Gasteiger partial charge is 0.314 e. The molecule has 0 spiro atoms. The van der Waals surface area contributed by atoms with Gasteiger partial charge in [-0.05, 0) is 33.1 Å². The summed E-state index contributed by atoms with van der Waals surface area (Å²) in [5.41, 5.74) is -1.01. The van der Waals surface area contributed by atoms with Crippen LogP contribution in [0, 0.1) is 5.41 Å². The van der Waals surface area contributed by atoms with Gasteiger partial charge >= 0.3 is 12.0 Å². The topological polar surface area (TPSA) is 98.7 Å². The van der Waals surface area contributed by atoms with Gasteiger partial charge in [0.05, 0.1) is 5.41 Å². The third kappa shape index (κ3) is 6.01. The molecule has 3 amide bonds. The van der Waals surface area contributed by atoms with Crippen LogP contribution in [0.3, 0.4) is 0 Å². The third-order valence-corrected chi connectivity index (χ3v) is 3.60. The van der Waals surface area contributed by atoms with Gasteiger partial charge in [-0.25, -0.2) is 4.79 Å². The van der Waals surface area contributed by atoms with E-state index in [-0.39, 0.29) is 25.4 Å². The number of urea groups is 1. The highest BCUT2D eigenvalue weighted by atomic mass is 16.4. The standard InChI is InChI=1S/C14H25N3O4/c1-14(2,12(19)20)10-16-13(21)15-7-6-11(18)17-8-4-3-5-9-17/h3-10H2,1-2H3,(H,19,20)(H2,15,16,21). The van der Waals surface area contributed by atoms with Crippen LogP contribution in [0.2, 0.25) is 0 Å². The lowest BCUT2D eigenvalue weighted by molar-refractivity contribution is -0.146. The number of carboxylic acids is 1. The van der Waals surface area contributed by atoms with Crippen LogP contribution in [0.1, 0.15) is 39.5 Å². The lowest BCUT2D eigenvalue weighted by Gasteiger charge is -2.26. The molecule has 0 aromatic heterocycles. The number of likely N-dealkylation sites (tertiary alicyclic amines) is 1. The number of carbonyl (C=O) groups excluding carboxylic acids is 2. The molecular weight excluding hydrogens is 274 g/mol. The van der Waals surface area contributed by atoms with Crippen molar-refractivity contribution in [1.82, 2.24) is 15.5 Å². The fourth-order valence-corrected chi connectivity index (χ4v) is 2.02. The molecule has 1 heterocycles. The van der Waals surface area contributed by atoms with Crippen molar-refractivity contribution in [2.24, 2.45) is 5.41 Å². The first-order valence-corrected chi connectivity index (χ1v) is 7.36. The minimum atomic E-state index is -1.01. The van der Waals surface area contributed by atoms with Gasteiger partial charge in [0, 0.05) is 32.6 Å². The quantitative estimate of drug-likeness (QED) is 0.675. The van der Waals surface area contributed by atoms with Crippen molar-refractivity contribution in [3.8, 4) is 0 Å². The van der Waals surface area contributed by atoms with Crippen LogP contribution in [0.15, 0.2) is 0 Å². The van der Waals surface area contributed by atoms with Crippen LogP contribution in [0.5, 0.6) is 0 Å². The molecule has 0 unspecified atom stereocenters. The molecule has 0 atom stereocenters. The normalized spacial score (nSPS) is 15.4. The number of nitrogens with one attached hydrogen (secondary N) is 2. The van der Waals surface area contributed by atoms with Gasteiger partial charge in [0.15, 0.2) is 0 Å². The monoisotopic (exact) mass is 299 g/mol. The van der Waals surface area contributed by atoms with E-state index >= 15 is 0 Å². The van der Waals surface area contributed by atoms with E-state index in [0.29, 0.717) is 0 Å². The van der Waals surface area contributed by atoms with Gasteiger partial charge in [-0.1, -0.05) is 0 Å². The first-order chi connectivity index (χ1) is 9.83. The zero-order chi connectivity index (χ0) is 15.9. The summed E-state index contributed by atoms with van der Waals surface area (Å²) in [5, 5.41) is 14.0. The molecule has 3 N–H and O–H groups in total. The summed E-state index contributed by atoms with van der Waals surface area (Å²) in [6.07, 6.45) is 3.54. The third-order valence-electron chi connectivity index (χ3n) is 3.60. The lowest BCUT2D eigenvalue weighted by atomic mass is 9.94. The zero-order valence-electron chi connectivity index (χ0n) is 12.8. The minimum absolute atomic E-state index is 0.0360. The molecule has 0 aromatic rings. The molecule has 0 aliphatic carbocycles. The SMILES string of the molecule is CC(C)(CNC(=O)NCCC(=O)N1CCCCC1)C(=O)O. The molecule has 120 valence electrons. The maximum atomic E-state index is 11.9. The van der Waals surface area contributed by atoms with Gasteiger partial charge in [0.1, 0.15) is 0 Å². The Labute approximate surface area is 125 Å².